The molecule has 0 aromatic heterocycles. The van der Waals surface area contributed by atoms with Gasteiger partial charge in [-0.2, -0.15) is 0 Å². The highest BCUT2D eigenvalue weighted by Gasteiger charge is 2.07. The number of ether oxygens (including phenoxy) is 1. The minimum atomic E-state index is 0.493. The predicted molar refractivity (Wildman–Crippen MR) is 89.7 cm³/mol. The minimum Gasteiger partial charge on any atom is -0.457 e. The SMILES string of the molecule is CCCNCc1cc(C)ccc1Oc1ccc(Cl)c(Cl)c1. The molecule has 1 N–H and O–H groups in total. The van der Waals surface area contributed by atoms with Gasteiger partial charge in [-0.15, -0.1) is 0 Å². The number of nitrogens with one attached hydrogen (secondary N) is 1. The summed E-state index contributed by atoms with van der Waals surface area (Å²) in [5, 5.41) is 4.42. The second kappa shape index (κ2) is 7.69. The third-order valence-corrected chi connectivity index (χ3v) is 3.82. The largest absolute Gasteiger partial charge is 0.457 e. The highest BCUT2D eigenvalue weighted by molar-refractivity contribution is 6.42. The Morgan fingerprint density at radius 3 is 2.57 bits per heavy atom. The third-order valence-electron chi connectivity index (χ3n) is 3.08. The third kappa shape index (κ3) is 4.63. The summed E-state index contributed by atoms with van der Waals surface area (Å²) in [5.74, 6) is 1.52. The molecule has 0 radical (unpaired) electrons. The lowest BCUT2D eigenvalue weighted by atomic mass is 10.1. The molecule has 0 aliphatic carbocycles. The van der Waals surface area contributed by atoms with Crippen LogP contribution in [0.5, 0.6) is 11.5 Å². The van der Waals surface area contributed by atoms with Crippen LogP contribution in [0.15, 0.2) is 36.4 Å². The first-order chi connectivity index (χ1) is 10.1. The molecular formula is C17H19Cl2NO. The number of hydrogen-bond acceptors (Lipinski definition) is 2. The van der Waals surface area contributed by atoms with Crippen LogP contribution in [0.4, 0.5) is 0 Å². The van der Waals surface area contributed by atoms with E-state index in [9.17, 15) is 0 Å². The van der Waals surface area contributed by atoms with Gasteiger partial charge in [0.05, 0.1) is 10.0 Å². The van der Waals surface area contributed by atoms with Gasteiger partial charge in [-0.1, -0.05) is 47.8 Å². The molecule has 0 fully saturated rings. The number of aryl methyl sites for hydroxylation is 1. The molecule has 0 amide bonds. The maximum atomic E-state index is 6.02. The van der Waals surface area contributed by atoms with Gasteiger partial charge < -0.3 is 10.1 Å². The van der Waals surface area contributed by atoms with E-state index in [1.54, 1.807) is 12.1 Å². The van der Waals surface area contributed by atoms with Gasteiger partial charge in [-0.3, -0.25) is 0 Å². The van der Waals surface area contributed by atoms with E-state index in [1.807, 2.05) is 18.2 Å². The predicted octanol–water partition coefficient (Wildman–Crippen LogP) is 5.59. The fourth-order valence-corrected chi connectivity index (χ4v) is 2.30. The molecule has 0 aliphatic rings. The molecule has 0 heterocycles. The first kappa shape index (κ1) is 16.2. The fraction of sp³-hybridized carbons (Fsp3) is 0.294. The second-order valence-electron chi connectivity index (χ2n) is 4.97. The highest BCUT2D eigenvalue weighted by atomic mass is 35.5. The molecule has 0 spiro atoms. The molecule has 0 atom stereocenters. The van der Waals surface area contributed by atoms with Crippen molar-refractivity contribution in [2.45, 2.75) is 26.8 Å². The Labute approximate surface area is 136 Å². The van der Waals surface area contributed by atoms with Gasteiger partial charge in [0.1, 0.15) is 11.5 Å². The van der Waals surface area contributed by atoms with Crippen molar-refractivity contribution >= 4 is 23.2 Å². The van der Waals surface area contributed by atoms with Crippen LogP contribution in [0.25, 0.3) is 0 Å². The second-order valence-corrected chi connectivity index (χ2v) is 5.78. The summed E-state index contributed by atoms with van der Waals surface area (Å²) in [6.07, 6.45) is 1.11. The average molecular weight is 324 g/mol. The van der Waals surface area contributed by atoms with Gasteiger partial charge in [0, 0.05) is 18.2 Å². The standard InChI is InChI=1S/C17H19Cl2NO/c1-3-8-20-11-13-9-12(2)4-7-17(13)21-14-5-6-15(18)16(19)10-14/h4-7,9-10,20H,3,8,11H2,1-2H3. The normalized spacial score (nSPS) is 10.7. The molecule has 0 saturated carbocycles. The molecule has 0 unspecified atom stereocenters. The van der Waals surface area contributed by atoms with E-state index in [-0.39, 0.29) is 0 Å². The van der Waals surface area contributed by atoms with Crippen molar-refractivity contribution in [1.29, 1.82) is 0 Å². The maximum absolute atomic E-state index is 6.02. The molecule has 21 heavy (non-hydrogen) atoms. The Morgan fingerprint density at radius 2 is 1.86 bits per heavy atom. The van der Waals surface area contributed by atoms with Crippen molar-refractivity contribution in [2.24, 2.45) is 0 Å². The molecule has 0 bridgehead atoms. The first-order valence-electron chi connectivity index (χ1n) is 7.03. The highest BCUT2D eigenvalue weighted by Crippen LogP contribution is 2.31. The lowest BCUT2D eigenvalue weighted by Crippen LogP contribution is -2.14. The number of halogens is 2. The molecule has 2 aromatic rings. The van der Waals surface area contributed by atoms with Crippen molar-refractivity contribution in [1.82, 2.24) is 5.32 Å². The van der Waals surface area contributed by atoms with Gasteiger partial charge in [-0.05, 0) is 38.1 Å². The molecule has 4 heteroatoms. The van der Waals surface area contributed by atoms with Crippen LogP contribution >= 0.6 is 23.2 Å². The minimum absolute atomic E-state index is 0.493. The summed E-state index contributed by atoms with van der Waals surface area (Å²) in [6.45, 7) is 5.99. The van der Waals surface area contributed by atoms with Crippen molar-refractivity contribution < 1.29 is 4.74 Å². The van der Waals surface area contributed by atoms with Crippen molar-refractivity contribution in [2.75, 3.05) is 6.54 Å². The van der Waals surface area contributed by atoms with Gasteiger partial charge in [0.2, 0.25) is 0 Å². The quantitative estimate of drug-likeness (QED) is 0.699. The van der Waals surface area contributed by atoms with Crippen LogP contribution in [-0.2, 0) is 6.54 Å². The molecule has 2 rings (SSSR count). The van der Waals surface area contributed by atoms with E-state index >= 15 is 0 Å². The van der Waals surface area contributed by atoms with Crippen LogP contribution < -0.4 is 10.1 Å². The Morgan fingerprint density at radius 1 is 1.05 bits per heavy atom. The van der Waals surface area contributed by atoms with Crippen molar-refractivity contribution in [3.05, 3.63) is 57.6 Å². The van der Waals surface area contributed by atoms with Crippen LogP contribution in [-0.4, -0.2) is 6.54 Å². The monoisotopic (exact) mass is 323 g/mol. The van der Waals surface area contributed by atoms with Crippen LogP contribution in [0.2, 0.25) is 10.0 Å². The summed E-state index contributed by atoms with van der Waals surface area (Å²) in [5.41, 5.74) is 2.35. The lowest BCUT2D eigenvalue weighted by Gasteiger charge is -2.13. The van der Waals surface area contributed by atoms with E-state index in [4.69, 9.17) is 27.9 Å². The zero-order valence-electron chi connectivity index (χ0n) is 12.2. The summed E-state index contributed by atoms with van der Waals surface area (Å²) < 4.78 is 5.95. The van der Waals surface area contributed by atoms with E-state index < -0.39 is 0 Å². The zero-order valence-corrected chi connectivity index (χ0v) is 13.8. The Kier molecular flexibility index (Phi) is 5.92. The Hall–Kier alpha value is -1.22. The molecule has 2 aromatic carbocycles. The number of benzene rings is 2. The number of hydrogen-bond donors (Lipinski definition) is 1. The van der Waals surface area contributed by atoms with E-state index in [2.05, 4.69) is 25.2 Å². The van der Waals surface area contributed by atoms with Gasteiger partial charge >= 0.3 is 0 Å². The zero-order chi connectivity index (χ0) is 15.2. The van der Waals surface area contributed by atoms with Crippen molar-refractivity contribution in [3.63, 3.8) is 0 Å². The average Bonchev–Trinajstić information content (AvgIpc) is 2.46. The summed E-state index contributed by atoms with van der Waals surface area (Å²) >= 11 is 11.9. The van der Waals surface area contributed by atoms with Gasteiger partial charge in [0.15, 0.2) is 0 Å². The van der Waals surface area contributed by atoms with Gasteiger partial charge in [-0.25, -0.2) is 0 Å². The maximum Gasteiger partial charge on any atom is 0.131 e. The first-order valence-corrected chi connectivity index (χ1v) is 7.79. The summed E-state index contributed by atoms with van der Waals surface area (Å²) in [6, 6.07) is 11.4. The molecular weight excluding hydrogens is 305 g/mol. The fourth-order valence-electron chi connectivity index (χ4n) is 2.01. The smallest absolute Gasteiger partial charge is 0.131 e. The Balaban J connectivity index is 2.19. The van der Waals surface area contributed by atoms with Crippen LogP contribution in [0, 0.1) is 6.92 Å². The van der Waals surface area contributed by atoms with E-state index in [1.165, 1.54) is 5.56 Å². The van der Waals surface area contributed by atoms with E-state index in [0.717, 1.165) is 30.8 Å². The summed E-state index contributed by atoms with van der Waals surface area (Å²) in [7, 11) is 0. The molecule has 2 nitrogen and oxygen atoms in total. The lowest BCUT2D eigenvalue weighted by molar-refractivity contribution is 0.472. The topological polar surface area (TPSA) is 21.3 Å². The van der Waals surface area contributed by atoms with Crippen molar-refractivity contribution in [3.8, 4) is 11.5 Å². The van der Waals surface area contributed by atoms with Gasteiger partial charge in [0.25, 0.3) is 0 Å². The number of rotatable bonds is 6. The molecule has 0 aliphatic heterocycles. The molecule has 112 valence electrons. The molecule has 0 saturated heterocycles. The van der Waals surface area contributed by atoms with E-state index in [0.29, 0.717) is 15.8 Å². The van der Waals surface area contributed by atoms with Crippen LogP contribution in [0.3, 0.4) is 0 Å². The Bertz CT molecular complexity index is 614. The van der Waals surface area contributed by atoms with Crippen LogP contribution in [0.1, 0.15) is 24.5 Å². The summed E-state index contributed by atoms with van der Waals surface area (Å²) in [4.78, 5) is 0.